The molecule has 9 nitrogen and oxygen atoms in total. The number of fused-ring (bicyclic) bond motifs is 1. The van der Waals surface area contributed by atoms with Crippen LogP contribution >= 0.6 is 34.8 Å². The number of methoxy groups -OCH3 is 2. The average Bonchev–Trinajstić information content (AvgIpc) is 3.57. The number of hydrogen-bond donors (Lipinski definition) is 2. The van der Waals surface area contributed by atoms with Crippen LogP contribution in [0, 0.1) is 0 Å². The van der Waals surface area contributed by atoms with Gasteiger partial charge in [-0.1, -0.05) is 77.3 Å². The summed E-state index contributed by atoms with van der Waals surface area (Å²) in [7, 11) is 2.90. The SMILES string of the molecule is COc1ccc(C(=O)N[C@@H](Cc2ccccc2)[C@@H](O)CN(CCc2ccc3c(c2)OCO3)C(=O)/C=C/c2c(Cl)cccc2Cl)c(Cl)c1OC. The quantitative estimate of drug-likeness (QED) is 0.137. The minimum atomic E-state index is -1.19. The van der Waals surface area contributed by atoms with Crippen LogP contribution in [0.25, 0.3) is 6.08 Å². The molecule has 2 amide bonds. The standard InChI is InChI=1S/C37H35Cl3N2O7/c1-46-32-15-12-26(35(40)36(32)47-2)37(45)41-29(19-23-7-4-3-5-8-23)30(43)21-42(18-17-24-11-14-31-33(20-24)49-22-48-31)34(44)16-13-25-27(38)9-6-10-28(25)39/h3-16,20,29-30,43H,17-19,21-22H2,1-2H3,(H,41,45)/b16-13+/t29-,30-/m0/s1. The first-order chi connectivity index (χ1) is 23.7. The van der Waals surface area contributed by atoms with E-state index in [1.807, 2.05) is 48.5 Å². The minimum absolute atomic E-state index is 0.0659. The topological polar surface area (TPSA) is 107 Å². The second-order valence-electron chi connectivity index (χ2n) is 11.2. The Labute approximate surface area is 299 Å². The molecule has 0 radical (unpaired) electrons. The van der Waals surface area contributed by atoms with E-state index in [1.54, 1.807) is 30.3 Å². The molecule has 12 heteroatoms. The molecule has 0 unspecified atom stereocenters. The number of nitrogens with one attached hydrogen (secondary N) is 1. The van der Waals surface area contributed by atoms with Gasteiger partial charge >= 0.3 is 0 Å². The number of carbonyl (C=O) groups excluding carboxylic acids is 2. The fourth-order valence-electron chi connectivity index (χ4n) is 5.40. The molecule has 4 aromatic rings. The molecular formula is C37H35Cl3N2O7. The Kier molecular flexibility index (Phi) is 12.3. The van der Waals surface area contributed by atoms with Gasteiger partial charge in [0, 0.05) is 34.8 Å². The van der Waals surface area contributed by atoms with Gasteiger partial charge in [-0.3, -0.25) is 9.59 Å². The molecule has 0 spiro atoms. The molecule has 0 aromatic heterocycles. The zero-order valence-corrected chi connectivity index (χ0v) is 29.1. The number of aliphatic hydroxyl groups is 1. The number of nitrogens with zero attached hydrogens (tertiary/aromatic N) is 1. The molecule has 1 heterocycles. The van der Waals surface area contributed by atoms with Crippen molar-refractivity contribution in [3.63, 3.8) is 0 Å². The Bertz CT molecular complexity index is 1800. The van der Waals surface area contributed by atoms with Gasteiger partial charge in [-0.25, -0.2) is 0 Å². The van der Waals surface area contributed by atoms with E-state index >= 15 is 0 Å². The van der Waals surface area contributed by atoms with E-state index in [9.17, 15) is 14.7 Å². The van der Waals surface area contributed by atoms with Crippen molar-refractivity contribution < 1.29 is 33.6 Å². The monoisotopic (exact) mass is 724 g/mol. The maximum absolute atomic E-state index is 13.7. The number of benzene rings is 4. The third kappa shape index (κ3) is 8.99. The molecule has 1 aliphatic heterocycles. The second-order valence-corrected chi connectivity index (χ2v) is 12.4. The summed E-state index contributed by atoms with van der Waals surface area (Å²) >= 11 is 19.2. The van der Waals surface area contributed by atoms with Crippen LogP contribution in [0.2, 0.25) is 15.1 Å². The van der Waals surface area contributed by atoms with Crippen molar-refractivity contribution in [3.8, 4) is 23.0 Å². The van der Waals surface area contributed by atoms with Crippen LogP contribution in [0.3, 0.4) is 0 Å². The van der Waals surface area contributed by atoms with Crippen LogP contribution in [0.15, 0.2) is 84.9 Å². The van der Waals surface area contributed by atoms with Crippen molar-refractivity contribution >= 4 is 52.7 Å². The first-order valence-electron chi connectivity index (χ1n) is 15.4. The number of aliphatic hydroxyl groups excluding tert-OH is 1. The lowest BCUT2D eigenvalue weighted by Crippen LogP contribution is -2.50. The van der Waals surface area contributed by atoms with Crippen molar-refractivity contribution in [1.29, 1.82) is 0 Å². The largest absolute Gasteiger partial charge is 0.493 e. The Balaban J connectivity index is 1.41. The summed E-state index contributed by atoms with van der Waals surface area (Å²) in [6.07, 6.45) is 2.45. The molecule has 4 aromatic carbocycles. The van der Waals surface area contributed by atoms with Gasteiger partial charge in [0.05, 0.1) is 37.0 Å². The predicted molar refractivity (Wildman–Crippen MR) is 190 cm³/mol. The van der Waals surface area contributed by atoms with E-state index < -0.39 is 18.1 Å². The summed E-state index contributed by atoms with van der Waals surface area (Å²) in [6, 6.07) is 22.4. The zero-order chi connectivity index (χ0) is 34.9. The average molecular weight is 726 g/mol. The fraction of sp³-hybridized carbons (Fsp3) is 0.243. The summed E-state index contributed by atoms with van der Waals surface area (Å²) in [4.78, 5) is 28.9. The Morgan fingerprint density at radius 3 is 2.37 bits per heavy atom. The number of rotatable bonds is 14. The third-order valence-electron chi connectivity index (χ3n) is 8.03. The molecule has 0 saturated carbocycles. The molecule has 0 bridgehead atoms. The smallest absolute Gasteiger partial charge is 0.253 e. The highest BCUT2D eigenvalue weighted by molar-refractivity contribution is 6.37. The maximum atomic E-state index is 13.7. The van der Waals surface area contributed by atoms with E-state index in [4.69, 9.17) is 53.8 Å². The number of halogens is 3. The molecule has 2 atom stereocenters. The predicted octanol–water partition coefficient (Wildman–Crippen LogP) is 6.88. The van der Waals surface area contributed by atoms with Crippen molar-refractivity contribution in [2.75, 3.05) is 34.1 Å². The lowest BCUT2D eigenvalue weighted by Gasteiger charge is -2.30. The third-order valence-corrected chi connectivity index (χ3v) is 9.06. The highest BCUT2D eigenvalue weighted by Gasteiger charge is 2.28. The van der Waals surface area contributed by atoms with Crippen LogP contribution in [0.5, 0.6) is 23.0 Å². The summed E-state index contributed by atoms with van der Waals surface area (Å²) in [6.45, 7) is 0.277. The van der Waals surface area contributed by atoms with Gasteiger partial charge in [-0.05, 0) is 66.4 Å². The van der Waals surface area contributed by atoms with Crippen molar-refractivity contribution in [2.45, 2.75) is 25.0 Å². The molecule has 0 fully saturated rings. The van der Waals surface area contributed by atoms with Crippen LogP contribution in [0.1, 0.15) is 27.0 Å². The summed E-state index contributed by atoms with van der Waals surface area (Å²) in [5.41, 5.74) is 2.42. The summed E-state index contributed by atoms with van der Waals surface area (Å²) < 4.78 is 21.6. The van der Waals surface area contributed by atoms with E-state index in [-0.39, 0.29) is 48.5 Å². The van der Waals surface area contributed by atoms with Crippen LogP contribution in [-0.2, 0) is 17.6 Å². The minimum Gasteiger partial charge on any atom is -0.493 e. The molecule has 1 aliphatic rings. The van der Waals surface area contributed by atoms with Crippen LogP contribution < -0.4 is 24.3 Å². The Hall–Kier alpha value is -4.41. The van der Waals surface area contributed by atoms with Gasteiger partial charge in [0.2, 0.25) is 12.7 Å². The lowest BCUT2D eigenvalue weighted by atomic mass is 9.99. The summed E-state index contributed by atoms with van der Waals surface area (Å²) in [5, 5.41) is 15.5. The van der Waals surface area contributed by atoms with Gasteiger partial charge in [0.15, 0.2) is 23.0 Å². The van der Waals surface area contributed by atoms with E-state index in [0.717, 1.165) is 11.1 Å². The van der Waals surface area contributed by atoms with Gasteiger partial charge in [-0.15, -0.1) is 0 Å². The van der Waals surface area contributed by atoms with Crippen LogP contribution in [-0.4, -0.2) is 68.1 Å². The van der Waals surface area contributed by atoms with Crippen molar-refractivity contribution in [2.24, 2.45) is 0 Å². The maximum Gasteiger partial charge on any atom is 0.253 e. The van der Waals surface area contributed by atoms with E-state index in [1.165, 1.54) is 31.3 Å². The molecule has 2 N–H and O–H groups in total. The number of hydrogen-bond acceptors (Lipinski definition) is 7. The van der Waals surface area contributed by atoms with E-state index in [2.05, 4.69) is 5.32 Å². The first-order valence-corrected chi connectivity index (χ1v) is 16.5. The van der Waals surface area contributed by atoms with Gasteiger partial charge in [0.25, 0.3) is 5.91 Å². The van der Waals surface area contributed by atoms with Crippen LogP contribution in [0.4, 0.5) is 0 Å². The lowest BCUT2D eigenvalue weighted by molar-refractivity contribution is -0.127. The fourth-order valence-corrected chi connectivity index (χ4v) is 6.24. The van der Waals surface area contributed by atoms with Crippen molar-refractivity contribution in [3.05, 3.63) is 122 Å². The molecule has 5 rings (SSSR count). The Morgan fingerprint density at radius 2 is 1.65 bits per heavy atom. The molecule has 0 saturated heterocycles. The highest BCUT2D eigenvalue weighted by atomic mass is 35.5. The second kappa shape index (κ2) is 16.8. The molecule has 256 valence electrons. The number of carbonyl (C=O) groups is 2. The first kappa shape index (κ1) is 35.9. The number of amides is 2. The zero-order valence-electron chi connectivity index (χ0n) is 26.8. The summed E-state index contributed by atoms with van der Waals surface area (Å²) in [5.74, 6) is 0.945. The van der Waals surface area contributed by atoms with Crippen molar-refractivity contribution in [1.82, 2.24) is 10.2 Å². The normalized spacial score (nSPS) is 13.2. The molecule has 0 aliphatic carbocycles. The van der Waals surface area contributed by atoms with Gasteiger partial charge in [-0.2, -0.15) is 0 Å². The van der Waals surface area contributed by atoms with Gasteiger partial charge in [0.1, 0.15) is 0 Å². The Morgan fingerprint density at radius 1 is 0.918 bits per heavy atom. The van der Waals surface area contributed by atoms with E-state index in [0.29, 0.717) is 39.3 Å². The molecular weight excluding hydrogens is 691 g/mol. The highest BCUT2D eigenvalue weighted by Crippen LogP contribution is 2.37. The molecule has 49 heavy (non-hydrogen) atoms. The number of ether oxygens (including phenoxy) is 4. The van der Waals surface area contributed by atoms with Gasteiger partial charge < -0.3 is 34.3 Å².